The Kier molecular flexibility index (Phi) is 5.41. The molecule has 0 saturated carbocycles. The molecule has 1 aliphatic heterocycles. The fraction of sp³-hybridized carbons (Fsp3) is 0.192. The number of hydrogen-bond donors (Lipinski definition) is 1. The second-order valence-electron chi connectivity index (χ2n) is 8.72. The third kappa shape index (κ3) is 3.87. The standard InChI is InChI=1S/C26H22ClN7O2/c1-15-25-20(17-7-9-19(10-8-17)36-14-18-5-3-4-6-21(18)27)13-24(35)28-26(25)34(31-15)23-12-11-22-30-29-16(2)33(22)32-23/h3-12,20H,13-14H2,1-2H3,(H,28,35). The predicted octanol–water partition coefficient (Wildman–Crippen LogP) is 4.63. The average molecular weight is 500 g/mol. The molecule has 4 heterocycles. The summed E-state index contributed by atoms with van der Waals surface area (Å²) < 4.78 is 9.26. The molecule has 0 aliphatic carbocycles. The largest absolute Gasteiger partial charge is 0.489 e. The van der Waals surface area contributed by atoms with Crippen LogP contribution in [0.1, 0.15) is 40.5 Å². The number of carbonyl (C=O) groups is 1. The summed E-state index contributed by atoms with van der Waals surface area (Å²) in [6.45, 7) is 4.16. The lowest BCUT2D eigenvalue weighted by atomic mass is 9.86. The van der Waals surface area contributed by atoms with Crippen molar-refractivity contribution in [2.24, 2.45) is 0 Å². The van der Waals surface area contributed by atoms with E-state index in [9.17, 15) is 4.79 Å². The van der Waals surface area contributed by atoms with Crippen molar-refractivity contribution in [1.29, 1.82) is 0 Å². The van der Waals surface area contributed by atoms with E-state index in [1.54, 1.807) is 9.20 Å². The van der Waals surface area contributed by atoms with Gasteiger partial charge in [-0.15, -0.1) is 15.3 Å². The summed E-state index contributed by atoms with van der Waals surface area (Å²) in [5, 5.41) is 21.2. The van der Waals surface area contributed by atoms with Gasteiger partial charge in [-0.25, -0.2) is 0 Å². The molecule has 2 aromatic carbocycles. The smallest absolute Gasteiger partial charge is 0.226 e. The lowest BCUT2D eigenvalue weighted by Crippen LogP contribution is -2.25. The molecule has 0 saturated heterocycles. The molecule has 0 bridgehead atoms. The number of amides is 1. The quantitative estimate of drug-likeness (QED) is 0.378. The lowest BCUT2D eigenvalue weighted by Gasteiger charge is -2.24. The molecule has 0 spiro atoms. The van der Waals surface area contributed by atoms with Crippen LogP contribution in [0, 0.1) is 13.8 Å². The van der Waals surface area contributed by atoms with Crippen molar-refractivity contribution in [3.63, 3.8) is 0 Å². The fourth-order valence-electron chi connectivity index (χ4n) is 4.57. The monoisotopic (exact) mass is 499 g/mol. The molecule has 36 heavy (non-hydrogen) atoms. The van der Waals surface area contributed by atoms with Crippen LogP contribution in [0.3, 0.4) is 0 Å². The zero-order valence-corrected chi connectivity index (χ0v) is 20.4. The van der Waals surface area contributed by atoms with Crippen molar-refractivity contribution in [1.82, 2.24) is 29.6 Å². The topological polar surface area (TPSA) is 99.2 Å². The molecule has 5 aromatic rings. The van der Waals surface area contributed by atoms with E-state index in [2.05, 4.69) is 20.6 Å². The van der Waals surface area contributed by atoms with Gasteiger partial charge in [0.05, 0.1) is 5.69 Å². The number of fused-ring (bicyclic) bond motifs is 2. The molecule has 9 nitrogen and oxygen atoms in total. The number of benzene rings is 2. The highest BCUT2D eigenvalue weighted by Crippen LogP contribution is 2.40. The first-order valence-corrected chi connectivity index (χ1v) is 11.9. The molecular weight excluding hydrogens is 478 g/mol. The van der Waals surface area contributed by atoms with Gasteiger partial charge in [-0.2, -0.15) is 14.3 Å². The highest BCUT2D eigenvalue weighted by Gasteiger charge is 2.33. The Morgan fingerprint density at radius 3 is 2.64 bits per heavy atom. The Morgan fingerprint density at radius 1 is 1.03 bits per heavy atom. The van der Waals surface area contributed by atoms with Crippen molar-refractivity contribution in [3.8, 4) is 11.6 Å². The molecule has 1 unspecified atom stereocenters. The highest BCUT2D eigenvalue weighted by molar-refractivity contribution is 6.31. The predicted molar refractivity (Wildman–Crippen MR) is 135 cm³/mol. The van der Waals surface area contributed by atoms with Crippen molar-refractivity contribution in [2.45, 2.75) is 32.8 Å². The molecule has 1 atom stereocenters. The van der Waals surface area contributed by atoms with Gasteiger partial charge in [-0.3, -0.25) is 4.79 Å². The van der Waals surface area contributed by atoms with Crippen LogP contribution < -0.4 is 10.1 Å². The van der Waals surface area contributed by atoms with Crippen molar-refractivity contribution >= 4 is 29.0 Å². The van der Waals surface area contributed by atoms with Crippen LogP contribution in [-0.4, -0.2) is 35.5 Å². The number of anilines is 1. The number of rotatable bonds is 5. The maximum atomic E-state index is 12.8. The van der Waals surface area contributed by atoms with Crippen LogP contribution in [0.25, 0.3) is 11.5 Å². The van der Waals surface area contributed by atoms with E-state index in [1.807, 2.05) is 74.5 Å². The first kappa shape index (κ1) is 22.2. The number of aryl methyl sites for hydroxylation is 2. The molecule has 180 valence electrons. The van der Waals surface area contributed by atoms with Gasteiger partial charge in [0.1, 0.15) is 18.2 Å². The van der Waals surface area contributed by atoms with E-state index >= 15 is 0 Å². The number of carbonyl (C=O) groups excluding carboxylic acids is 1. The van der Waals surface area contributed by atoms with Gasteiger partial charge in [0.2, 0.25) is 5.91 Å². The van der Waals surface area contributed by atoms with Crippen LogP contribution >= 0.6 is 11.6 Å². The van der Waals surface area contributed by atoms with Crippen LogP contribution in [0.4, 0.5) is 5.82 Å². The van der Waals surface area contributed by atoms with E-state index in [-0.39, 0.29) is 11.8 Å². The third-order valence-electron chi connectivity index (χ3n) is 6.36. The summed E-state index contributed by atoms with van der Waals surface area (Å²) in [7, 11) is 0. The number of nitrogens with one attached hydrogen (secondary N) is 1. The molecule has 0 fully saturated rings. The third-order valence-corrected chi connectivity index (χ3v) is 6.73. The molecule has 10 heteroatoms. The minimum Gasteiger partial charge on any atom is -0.489 e. The first-order valence-electron chi connectivity index (χ1n) is 11.5. The maximum absolute atomic E-state index is 12.8. The highest BCUT2D eigenvalue weighted by atomic mass is 35.5. The van der Waals surface area contributed by atoms with E-state index in [4.69, 9.17) is 21.4 Å². The van der Waals surface area contributed by atoms with E-state index in [0.29, 0.717) is 41.2 Å². The van der Waals surface area contributed by atoms with Gasteiger partial charge in [0.25, 0.3) is 0 Å². The van der Waals surface area contributed by atoms with Crippen molar-refractivity contribution in [3.05, 3.63) is 93.9 Å². The molecular formula is C26H22ClN7O2. The number of aromatic nitrogens is 6. The van der Waals surface area contributed by atoms with Crippen molar-refractivity contribution in [2.75, 3.05) is 5.32 Å². The molecule has 1 amide bonds. The Morgan fingerprint density at radius 2 is 1.83 bits per heavy atom. The van der Waals surface area contributed by atoms with Crippen molar-refractivity contribution < 1.29 is 9.53 Å². The normalized spacial score (nSPS) is 15.1. The zero-order chi connectivity index (χ0) is 24.8. The van der Waals surface area contributed by atoms with Crippen LogP contribution in [0.2, 0.25) is 5.02 Å². The minimum atomic E-state index is -0.138. The van der Waals surface area contributed by atoms with Gasteiger partial charge in [-0.05, 0) is 49.7 Å². The summed E-state index contributed by atoms with van der Waals surface area (Å²) in [6, 6.07) is 19.1. The van der Waals surface area contributed by atoms with Gasteiger partial charge < -0.3 is 10.1 Å². The Hall–Kier alpha value is -4.24. The Balaban J connectivity index is 1.31. The number of halogens is 1. The summed E-state index contributed by atoms with van der Waals surface area (Å²) in [4.78, 5) is 12.8. The number of ether oxygens (including phenoxy) is 1. The van der Waals surface area contributed by atoms with Crippen LogP contribution in [0.5, 0.6) is 5.75 Å². The molecule has 6 rings (SSSR count). The van der Waals surface area contributed by atoms with Gasteiger partial charge in [-0.1, -0.05) is 41.9 Å². The van der Waals surface area contributed by atoms with E-state index in [0.717, 1.165) is 28.1 Å². The minimum absolute atomic E-state index is 0.0748. The number of hydrogen-bond acceptors (Lipinski definition) is 6. The number of nitrogens with zero attached hydrogens (tertiary/aromatic N) is 6. The maximum Gasteiger partial charge on any atom is 0.226 e. The summed E-state index contributed by atoms with van der Waals surface area (Å²) in [5.41, 5.74) is 4.39. The Labute approximate surface area is 211 Å². The van der Waals surface area contributed by atoms with E-state index in [1.165, 1.54) is 0 Å². The molecule has 3 aromatic heterocycles. The molecule has 1 aliphatic rings. The second kappa shape index (κ2) is 8.76. The van der Waals surface area contributed by atoms with E-state index < -0.39 is 0 Å². The molecule has 0 radical (unpaired) electrons. The van der Waals surface area contributed by atoms with Gasteiger partial charge >= 0.3 is 0 Å². The zero-order valence-electron chi connectivity index (χ0n) is 19.6. The Bertz CT molecular complexity index is 1610. The summed E-state index contributed by atoms with van der Waals surface area (Å²) in [6.07, 6.45) is 0.330. The van der Waals surface area contributed by atoms with Gasteiger partial charge in [0, 0.05) is 28.5 Å². The lowest BCUT2D eigenvalue weighted by molar-refractivity contribution is -0.116. The summed E-state index contributed by atoms with van der Waals surface area (Å²) in [5.74, 6) is 2.39. The first-order chi connectivity index (χ1) is 17.5. The van der Waals surface area contributed by atoms with Crippen LogP contribution in [0.15, 0.2) is 60.7 Å². The SMILES string of the molecule is Cc1nn(-c2ccc3nnc(C)n3n2)c2c1C(c1ccc(OCc3ccccc3Cl)cc1)CC(=O)N2. The second-order valence-corrected chi connectivity index (χ2v) is 9.13. The van der Waals surface area contributed by atoms with Crippen LogP contribution in [-0.2, 0) is 11.4 Å². The molecule has 1 N–H and O–H groups in total. The average Bonchev–Trinajstić information content (AvgIpc) is 3.42. The summed E-state index contributed by atoms with van der Waals surface area (Å²) >= 11 is 6.23. The fourth-order valence-corrected chi connectivity index (χ4v) is 4.76. The van der Waals surface area contributed by atoms with Gasteiger partial charge in [0.15, 0.2) is 17.3 Å².